The van der Waals surface area contributed by atoms with E-state index in [1.54, 1.807) is 18.3 Å². The van der Waals surface area contributed by atoms with Gasteiger partial charge in [-0.2, -0.15) is 0 Å². The lowest BCUT2D eigenvalue weighted by molar-refractivity contribution is -0.0287. The minimum absolute atomic E-state index is 0.241. The Morgan fingerprint density at radius 1 is 1.59 bits per heavy atom. The minimum atomic E-state index is -0.726. The molecule has 1 aromatic rings. The average Bonchev–Trinajstić information content (AvgIpc) is 2.27. The van der Waals surface area contributed by atoms with Crippen molar-refractivity contribution in [1.29, 1.82) is 0 Å². The van der Waals surface area contributed by atoms with E-state index in [-0.39, 0.29) is 17.7 Å². The first-order valence-electron chi connectivity index (χ1n) is 5.47. The molecule has 2 amide bonds. The maximum absolute atomic E-state index is 11.5. The van der Waals surface area contributed by atoms with Gasteiger partial charge in [-0.3, -0.25) is 0 Å². The lowest BCUT2D eigenvalue weighted by Gasteiger charge is -2.36. The molecule has 3 N–H and O–H groups in total. The van der Waals surface area contributed by atoms with E-state index in [0.717, 1.165) is 19.3 Å². The number of aliphatic hydroxyl groups is 1. The number of nitrogens with zero attached hydrogens (tertiary/aromatic N) is 1. The molecular formula is C11H14ClN3O2. The maximum Gasteiger partial charge on any atom is 0.319 e. The van der Waals surface area contributed by atoms with E-state index in [9.17, 15) is 9.90 Å². The van der Waals surface area contributed by atoms with Gasteiger partial charge in [0.1, 0.15) is 0 Å². The van der Waals surface area contributed by atoms with Gasteiger partial charge in [0.2, 0.25) is 0 Å². The Bertz CT molecular complexity index is 421. The van der Waals surface area contributed by atoms with Crippen LogP contribution in [0.25, 0.3) is 0 Å². The highest BCUT2D eigenvalue weighted by atomic mass is 35.5. The third-order valence-corrected chi connectivity index (χ3v) is 3.17. The van der Waals surface area contributed by atoms with Crippen LogP contribution in [0.1, 0.15) is 19.3 Å². The number of nitrogens with one attached hydrogen (secondary N) is 2. The molecule has 0 saturated heterocycles. The molecule has 1 aliphatic rings. The van der Waals surface area contributed by atoms with Crippen molar-refractivity contribution in [2.24, 2.45) is 0 Å². The zero-order chi connectivity index (χ0) is 12.3. The van der Waals surface area contributed by atoms with E-state index >= 15 is 0 Å². The van der Waals surface area contributed by atoms with Gasteiger partial charge in [-0.15, -0.1) is 0 Å². The second kappa shape index (κ2) is 4.89. The second-order valence-corrected chi connectivity index (χ2v) is 4.59. The Hall–Kier alpha value is -1.33. The molecule has 0 radical (unpaired) electrons. The van der Waals surface area contributed by atoms with E-state index in [0.29, 0.717) is 5.69 Å². The molecule has 5 nitrogen and oxygen atoms in total. The third-order valence-electron chi connectivity index (χ3n) is 2.87. The van der Waals surface area contributed by atoms with Crippen molar-refractivity contribution >= 4 is 23.3 Å². The SMILES string of the molecule is O=C(NCC1(O)CCC1)Nc1cccnc1Cl. The number of pyridine rings is 1. The molecule has 0 unspecified atom stereocenters. The Labute approximate surface area is 104 Å². The van der Waals surface area contributed by atoms with Gasteiger partial charge in [0.25, 0.3) is 0 Å². The van der Waals surface area contributed by atoms with E-state index in [2.05, 4.69) is 15.6 Å². The van der Waals surface area contributed by atoms with Gasteiger partial charge in [-0.05, 0) is 31.4 Å². The van der Waals surface area contributed by atoms with Crippen molar-refractivity contribution in [3.05, 3.63) is 23.5 Å². The monoisotopic (exact) mass is 255 g/mol. The van der Waals surface area contributed by atoms with E-state index in [1.807, 2.05) is 0 Å². The molecule has 0 bridgehead atoms. The smallest absolute Gasteiger partial charge is 0.319 e. The van der Waals surface area contributed by atoms with Gasteiger partial charge in [-0.25, -0.2) is 9.78 Å². The highest BCUT2D eigenvalue weighted by molar-refractivity contribution is 6.32. The van der Waals surface area contributed by atoms with E-state index in [4.69, 9.17) is 11.6 Å². The van der Waals surface area contributed by atoms with Gasteiger partial charge in [0, 0.05) is 12.7 Å². The molecule has 92 valence electrons. The summed E-state index contributed by atoms with van der Waals surface area (Å²) in [6.45, 7) is 0.261. The number of anilines is 1. The van der Waals surface area contributed by atoms with Crippen LogP contribution < -0.4 is 10.6 Å². The summed E-state index contributed by atoms with van der Waals surface area (Å²) in [6, 6.07) is 2.95. The molecule has 1 fully saturated rings. The topological polar surface area (TPSA) is 74.2 Å². The summed E-state index contributed by atoms with van der Waals surface area (Å²) in [5.41, 5.74) is -0.275. The minimum Gasteiger partial charge on any atom is -0.388 e. The Morgan fingerprint density at radius 2 is 2.35 bits per heavy atom. The summed E-state index contributed by atoms with van der Waals surface area (Å²) < 4.78 is 0. The summed E-state index contributed by atoms with van der Waals surface area (Å²) in [5, 5.41) is 15.2. The average molecular weight is 256 g/mol. The van der Waals surface area contributed by atoms with Crippen LogP contribution in [0, 0.1) is 0 Å². The Morgan fingerprint density at radius 3 is 2.94 bits per heavy atom. The fraction of sp³-hybridized carbons (Fsp3) is 0.455. The molecule has 17 heavy (non-hydrogen) atoms. The van der Waals surface area contributed by atoms with Crippen molar-refractivity contribution in [3.63, 3.8) is 0 Å². The first-order chi connectivity index (χ1) is 8.09. The van der Waals surface area contributed by atoms with E-state index in [1.165, 1.54) is 0 Å². The molecule has 0 aromatic carbocycles. The van der Waals surface area contributed by atoms with Gasteiger partial charge in [-0.1, -0.05) is 11.6 Å². The van der Waals surface area contributed by atoms with Gasteiger partial charge >= 0.3 is 6.03 Å². The van der Waals surface area contributed by atoms with Crippen molar-refractivity contribution in [1.82, 2.24) is 10.3 Å². The molecular weight excluding hydrogens is 242 g/mol. The molecule has 0 spiro atoms. The zero-order valence-electron chi connectivity index (χ0n) is 9.24. The number of hydrogen-bond acceptors (Lipinski definition) is 3. The van der Waals surface area contributed by atoms with Crippen molar-refractivity contribution in [2.45, 2.75) is 24.9 Å². The van der Waals surface area contributed by atoms with Gasteiger partial charge in [0.05, 0.1) is 11.3 Å². The second-order valence-electron chi connectivity index (χ2n) is 4.23. The van der Waals surface area contributed by atoms with Gasteiger partial charge < -0.3 is 15.7 Å². The third kappa shape index (κ3) is 3.08. The van der Waals surface area contributed by atoms with Crippen molar-refractivity contribution in [3.8, 4) is 0 Å². The summed E-state index contributed by atoms with van der Waals surface area (Å²) in [5.74, 6) is 0. The van der Waals surface area contributed by atoms with Crippen LogP contribution in [0.4, 0.5) is 10.5 Å². The lowest BCUT2D eigenvalue weighted by atomic mass is 9.80. The molecule has 0 atom stereocenters. The standard InChI is InChI=1S/C11H14ClN3O2/c12-9-8(3-1-6-13-9)15-10(16)14-7-11(17)4-2-5-11/h1,3,6,17H,2,4-5,7H2,(H2,14,15,16). The number of hydrogen-bond donors (Lipinski definition) is 3. The molecule has 6 heteroatoms. The molecule has 1 aliphatic carbocycles. The van der Waals surface area contributed by atoms with Crippen LogP contribution >= 0.6 is 11.6 Å². The lowest BCUT2D eigenvalue weighted by Crippen LogP contribution is -2.48. The number of carbonyl (C=O) groups is 1. The fourth-order valence-corrected chi connectivity index (χ4v) is 1.82. The van der Waals surface area contributed by atoms with Crippen molar-refractivity contribution < 1.29 is 9.90 Å². The number of carbonyl (C=O) groups excluding carboxylic acids is 1. The van der Waals surface area contributed by atoms with Crippen LogP contribution in [-0.4, -0.2) is 28.3 Å². The molecule has 0 aliphatic heterocycles. The molecule has 1 aromatic heterocycles. The van der Waals surface area contributed by atoms with Gasteiger partial charge in [0.15, 0.2) is 5.15 Å². The molecule has 1 saturated carbocycles. The number of urea groups is 1. The van der Waals surface area contributed by atoms with Crippen LogP contribution in [-0.2, 0) is 0 Å². The van der Waals surface area contributed by atoms with Crippen molar-refractivity contribution in [2.75, 3.05) is 11.9 Å². The summed E-state index contributed by atoms with van der Waals surface area (Å²) >= 11 is 5.79. The number of rotatable bonds is 3. The van der Waals surface area contributed by atoms with Crippen LogP contribution in [0.3, 0.4) is 0 Å². The van der Waals surface area contributed by atoms with Crippen LogP contribution in [0.5, 0.6) is 0 Å². The van der Waals surface area contributed by atoms with Crippen LogP contribution in [0.15, 0.2) is 18.3 Å². The highest BCUT2D eigenvalue weighted by Crippen LogP contribution is 2.30. The zero-order valence-corrected chi connectivity index (χ0v) is 10.00. The van der Waals surface area contributed by atoms with Crippen LogP contribution in [0.2, 0.25) is 5.15 Å². The number of halogens is 1. The molecule has 1 heterocycles. The Balaban J connectivity index is 1.83. The summed E-state index contributed by atoms with van der Waals surface area (Å²) in [7, 11) is 0. The number of aromatic nitrogens is 1. The first kappa shape index (κ1) is 12.1. The maximum atomic E-state index is 11.5. The fourth-order valence-electron chi connectivity index (χ4n) is 1.65. The first-order valence-corrected chi connectivity index (χ1v) is 5.85. The van der Waals surface area contributed by atoms with E-state index < -0.39 is 5.60 Å². The summed E-state index contributed by atoms with van der Waals surface area (Å²) in [6.07, 6.45) is 4.03. The normalized spacial score (nSPS) is 17.1. The number of amides is 2. The predicted molar refractivity (Wildman–Crippen MR) is 65.1 cm³/mol. The summed E-state index contributed by atoms with van der Waals surface area (Å²) in [4.78, 5) is 15.4. The highest BCUT2D eigenvalue weighted by Gasteiger charge is 2.34. The molecule has 2 rings (SSSR count). The Kier molecular flexibility index (Phi) is 3.49. The predicted octanol–water partition coefficient (Wildman–Crippen LogP) is 1.77. The quantitative estimate of drug-likeness (QED) is 0.721. The largest absolute Gasteiger partial charge is 0.388 e.